The van der Waals surface area contributed by atoms with E-state index in [-0.39, 0.29) is 5.75 Å². The van der Waals surface area contributed by atoms with Crippen LogP contribution in [0.1, 0.15) is 25.0 Å². The number of aromatic hydroxyl groups is 1. The number of ether oxygens (including phenoxy) is 1. The summed E-state index contributed by atoms with van der Waals surface area (Å²) in [5, 5.41) is 9.72. The highest BCUT2D eigenvalue weighted by atomic mass is 16.5. The van der Waals surface area contributed by atoms with Gasteiger partial charge in [-0.3, -0.25) is 9.69 Å². The molecule has 0 radical (unpaired) electrons. The van der Waals surface area contributed by atoms with Crippen LogP contribution in [0.25, 0.3) is 0 Å². The highest BCUT2D eigenvalue weighted by Crippen LogP contribution is 2.19. The summed E-state index contributed by atoms with van der Waals surface area (Å²) in [6.45, 7) is 12.7. The van der Waals surface area contributed by atoms with Crippen molar-refractivity contribution in [3.05, 3.63) is 82.1 Å². The number of hydrogen-bond acceptors (Lipinski definition) is 5. The summed E-state index contributed by atoms with van der Waals surface area (Å²) in [6.07, 6.45) is 12.3. The third-order valence-corrected chi connectivity index (χ3v) is 5.26. The third kappa shape index (κ3) is 7.25. The Hall–Kier alpha value is -3.14. The number of H-pyrrole nitrogens is 1. The molecule has 1 aliphatic carbocycles. The number of rotatable bonds is 7. The molecule has 1 fully saturated rings. The summed E-state index contributed by atoms with van der Waals surface area (Å²) >= 11 is 0. The van der Waals surface area contributed by atoms with E-state index in [4.69, 9.17) is 4.74 Å². The van der Waals surface area contributed by atoms with Crippen LogP contribution in [0.4, 0.5) is 0 Å². The zero-order chi connectivity index (χ0) is 22.1. The predicted molar refractivity (Wildman–Crippen MR) is 123 cm³/mol. The van der Waals surface area contributed by atoms with Crippen molar-refractivity contribution in [2.24, 2.45) is 0 Å². The molecule has 6 nitrogen and oxygen atoms in total. The molecule has 2 aliphatic rings. The van der Waals surface area contributed by atoms with Crippen molar-refractivity contribution in [1.82, 2.24) is 14.9 Å². The number of allylic oxidation sites excluding steroid dienone is 7. The lowest BCUT2D eigenvalue weighted by atomic mass is 9.98. The molecule has 6 heteroatoms. The van der Waals surface area contributed by atoms with Gasteiger partial charge < -0.3 is 14.8 Å². The lowest BCUT2D eigenvalue weighted by Gasteiger charge is -2.28. The SMILES string of the molecule is C=C(C#CC1=CC=C(CN2CCOCC2)CC1)/C=C\C(=C)CCc1nc[nH]c(=O)c1O. The Morgan fingerprint density at radius 2 is 2.06 bits per heavy atom. The second-order valence-electron chi connectivity index (χ2n) is 7.70. The molecule has 2 N–H and O–H groups in total. The molecule has 2 heterocycles. The fourth-order valence-electron chi connectivity index (χ4n) is 3.36. The molecule has 1 saturated heterocycles. The molecule has 162 valence electrons. The van der Waals surface area contributed by atoms with Crippen molar-refractivity contribution in [2.75, 3.05) is 32.8 Å². The number of hydrogen-bond donors (Lipinski definition) is 2. The lowest BCUT2D eigenvalue weighted by molar-refractivity contribution is 0.0419. The van der Waals surface area contributed by atoms with Crippen LogP contribution in [-0.2, 0) is 11.2 Å². The Labute approximate surface area is 183 Å². The molecule has 1 aromatic heterocycles. The third-order valence-electron chi connectivity index (χ3n) is 5.26. The summed E-state index contributed by atoms with van der Waals surface area (Å²) in [7, 11) is 0. The van der Waals surface area contributed by atoms with Gasteiger partial charge in [0, 0.05) is 30.8 Å². The minimum absolute atomic E-state index is 0.336. The first-order chi connectivity index (χ1) is 15.0. The van der Waals surface area contributed by atoms with Crippen LogP contribution in [0.2, 0.25) is 0 Å². The zero-order valence-electron chi connectivity index (χ0n) is 17.8. The van der Waals surface area contributed by atoms with E-state index in [1.807, 2.05) is 12.2 Å². The molecule has 0 aromatic carbocycles. The van der Waals surface area contributed by atoms with Crippen LogP contribution in [-0.4, -0.2) is 52.8 Å². The molecule has 0 spiro atoms. The van der Waals surface area contributed by atoms with Gasteiger partial charge in [0.2, 0.25) is 5.75 Å². The van der Waals surface area contributed by atoms with Crippen molar-refractivity contribution in [3.8, 4) is 17.6 Å². The lowest BCUT2D eigenvalue weighted by Crippen LogP contribution is -2.37. The number of aromatic amines is 1. The van der Waals surface area contributed by atoms with Crippen LogP contribution in [0.5, 0.6) is 5.75 Å². The highest BCUT2D eigenvalue weighted by Gasteiger charge is 2.13. The standard InChI is InChI=1S/C25H29N3O3/c1-19(3-4-20(2)6-12-23-24(29)25(30)27-18-26-23)5-7-21-8-10-22(11-9-21)17-28-13-15-31-16-14-28/h3-4,8,10,18,29H,1-2,6,9,11-17H2,(H,26,27,30)/b4-3-. The van der Waals surface area contributed by atoms with Gasteiger partial charge in [0.25, 0.3) is 5.56 Å². The van der Waals surface area contributed by atoms with E-state index < -0.39 is 5.56 Å². The summed E-state index contributed by atoms with van der Waals surface area (Å²) in [5.41, 5.74) is 3.95. The Balaban J connectivity index is 1.46. The topological polar surface area (TPSA) is 78.5 Å². The largest absolute Gasteiger partial charge is 0.502 e. The van der Waals surface area contributed by atoms with Crippen molar-refractivity contribution in [3.63, 3.8) is 0 Å². The van der Waals surface area contributed by atoms with Gasteiger partial charge in [0.15, 0.2) is 0 Å². The zero-order valence-corrected chi connectivity index (χ0v) is 17.8. The molecule has 31 heavy (non-hydrogen) atoms. The first kappa shape index (κ1) is 22.5. The number of nitrogens with one attached hydrogen (secondary N) is 1. The molecule has 0 atom stereocenters. The summed E-state index contributed by atoms with van der Waals surface area (Å²) in [6, 6.07) is 0. The molecule has 0 unspecified atom stereocenters. The van der Waals surface area contributed by atoms with Crippen molar-refractivity contribution in [2.45, 2.75) is 25.7 Å². The highest BCUT2D eigenvalue weighted by molar-refractivity contribution is 5.45. The van der Waals surface area contributed by atoms with Gasteiger partial charge in [-0.15, -0.1) is 0 Å². The molecule has 1 aromatic rings. The number of aromatic nitrogens is 2. The van der Waals surface area contributed by atoms with Crippen molar-refractivity contribution < 1.29 is 9.84 Å². The van der Waals surface area contributed by atoms with E-state index in [9.17, 15) is 9.90 Å². The van der Waals surface area contributed by atoms with Crippen LogP contribution in [0.15, 0.2) is 70.9 Å². The number of nitrogens with zero attached hydrogens (tertiary/aromatic N) is 2. The first-order valence-corrected chi connectivity index (χ1v) is 10.5. The molecule has 1 aliphatic heterocycles. The van der Waals surface area contributed by atoms with Gasteiger partial charge in [0.1, 0.15) is 0 Å². The fourth-order valence-corrected chi connectivity index (χ4v) is 3.36. The van der Waals surface area contributed by atoms with Gasteiger partial charge in [-0.05, 0) is 31.8 Å². The van der Waals surface area contributed by atoms with E-state index in [1.165, 1.54) is 11.9 Å². The molecular weight excluding hydrogens is 390 g/mol. The Morgan fingerprint density at radius 3 is 2.81 bits per heavy atom. The second kappa shape index (κ2) is 11.3. The average molecular weight is 420 g/mol. The quantitative estimate of drug-likeness (QED) is 0.525. The number of aryl methyl sites for hydroxylation is 1. The molecular formula is C25H29N3O3. The summed E-state index contributed by atoms with van der Waals surface area (Å²) in [5.74, 6) is 5.98. The van der Waals surface area contributed by atoms with E-state index in [2.05, 4.69) is 52.0 Å². The van der Waals surface area contributed by atoms with Gasteiger partial charge in [0.05, 0.1) is 25.2 Å². The van der Waals surface area contributed by atoms with Gasteiger partial charge in [-0.25, -0.2) is 4.98 Å². The van der Waals surface area contributed by atoms with Crippen LogP contribution >= 0.6 is 0 Å². The second-order valence-corrected chi connectivity index (χ2v) is 7.70. The maximum Gasteiger partial charge on any atom is 0.293 e. The molecule has 0 bridgehead atoms. The summed E-state index contributed by atoms with van der Waals surface area (Å²) < 4.78 is 5.40. The van der Waals surface area contributed by atoms with Crippen LogP contribution < -0.4 is 5.56 Å². The minimum atomic E-state index is -0.533. The number of morpholine rings is 1. The predicted octanol–water partition coefficient (Wildman–Crippen LogP) is 3.06. The maximum absolute atomic E-state index is 11.4. The summed E-state index contributed by atoms with van der Waals surface area (Å²) in [4.78, 5) is 20.2. The smallest absolute Gasteiger partial charge is 0.293 e. The van der Waals surface area contributed by atoms with Crippen LogP contribution in [0.3, 0.4) is 0 Å². The van der Waals surface area contributed by atoms with E-state index in [0.717, 1.165) is 56.8 Å². The maximum atomic E-state index is 11.4. The van der Waals surface area contributed by atoms with Crippen LogP contribution in [0, 0.1) is 11.8 Å². The van der Waals surface area contributed by atoms with Gasteiger partial charge >= 0.3 is 0 Å². The molecule has 0 amide bonds. The first-order valence-electron chi connectivity index (χ1n) is 10.5. The molecule has 3 rings (SSSR count). The van der Waals surface area contributed by atoms with E-state index in [0.29, 0.717) is 24.1 Å². The monoisotopic (exact) mass is 419 g/mol. The average Bonchev–Trinajstić information content (AvgIpc) is 2.79. The Bertz CT molecular complexity index is 1030. The van der Waals surface area contributed by atoms with Gasteiger partial charge in [-0.2, -0.15) is 0 Å². The minimum Gasteiger partial charge on any atom is -0.502 e. The molecule has 0 saturated carbocycles. The van der Waals surface area contributed by atoms with E-state index >= 15 is 0 Å². The normalized spacial score (nSPS) is 16.9. The Kier molecular flexibility index (Phi) is 8.22. The van der Waals surface area contributed by atoms with Crippen molar-refractivity contribution in [1.29, 1.82) is 0 Å². The Morgan fingerprint density at radius 1 is 1.26 bits per heavy atom. The van der Waals surface area contributed by atoms with Gasteiger partial charge in [-0.1, -0.05) is 54.4 Å². The van der Waals surface area contributed by atoms with E-state index in [1.54, 1.807) is 0 Å². The van der Waals surface area contributed by atoms with Crippen molar-refractivity contribution >= 4 is 0 Å². The fraction of sp³-hybridized carbons (Fsp3) is 0.360.